The number of carbonyl (C=O) groups excluding carboxylic acids is 1. The third-order valence-corrected chi connectivity index (χ3v) is 4.72. The summed E-state index contributed by atoms with van der Waals surface area (Å²) in [4.78, 5) is 12.6. The predicted molar refractivity (Wildman–Crippen MR) is 93.2 cm³/mol. The lowest BCUT2D eigenvalue weighted by Gasteiger charge is -2.12. The lowest BCUT2D eigenvalue weighted by atomic mass is 10.2. The number of nitrogens with zero attached hydrogens (tertiary/aromatic N) is 4. The van der Waals surface area contributed by atoms with E-state index >= 15 is 0 Å². The molecule has 0 unspecified atom stereocenters. The first-order valence-electron chi connectivity index (χ1n) is 7.41. The maximum absolute atomic E-state index is 12.4. The molecule has 0 aliphatic carbocycles. The quantitative estimate of drug-likeness (QED) is 0.717. The minimum atomic E-state index is -3.31. The van der Waals surface area contributed by atoms with Gasteiger partial charge < -0.3 is 10.1 Å². The summed E-state index contributed by atoms with van der Waals surface area (Å²) < 4.78 is 29.7. The molecule has 0 atom stereocenters. The topological polar surface area (TPSA) is 116 Å². The Morgan fingerprint density at radius 3 is 2.46 bits per heavy atom. The highest BCUT2D eigenvalue weighted by Crippen LogP contribution is 2.27. The summed E-state index contributed by atoms with van der Waals surface area (Å²) in [5.41, 5.74) is 1.45. The van der Waals surface area contributed by atoms with Gasteiger partial charge in [-0.05, 0) is 46.8 Å². The Bertz CT molecular complexity index is 1030. The van der Waals surface area contributed by atoms with Crippen molar-refractivity contribution in [3.05, 3.63) is 54.4 Å². The standard InChI is InChI=1S/C16H15N5O4S/c1-25-15-9-12(21-10-17-19-20-21)5-8-14(15)18-16(22)11-3-6-13(7-4-11)26(2,23)24/h3-10H,1-2H3,(H,18,22). The number of methoxy groups -OCH3 is 1. The molecule has 2 aromatic carbocycles. The molecule has 0 spiro atoms. The molecule has 0 saturated heterocycles. The zero-order valence-electron chi connectivity index (χ0n) is 13.9. The molecule has 0 saturated carbocycles. The average molecular weight is 373 g/mol. The van der Waals surface area contributed by atoms with Crippen LogP contribution in [0.4, 0.5) is 5.69 Å². The van der Waals surface area contributed by atoms with E-state index in [9.17, 15) is 13.2 Å². The molecule has 134 valence electrons. The molecule has 1 heterocycles. The van der Waals surface area contributed by atoms with E-state index < -0.39 is 15.7 Å². The number of amides is 1. The Labute approximate surface area is 149 Å². The van der Waals surface area contributed by atoms with Crippen molar-refractivity contribution in [2.75, 3.05) is 18.7 Å². The number of carbonyl (C=O) groups is 1. The van der Waals surface area contributed by atoms with Crippen LogP contribution in [0.15, 0.2) is 53.7 Å². The Morgan fingerprint density at radius 2 is 1.88 bits per heavy atom. The van der Waals surface area contributed by atoms with E-state index in [-0.39, 0.29) is 4.90 Å². The number of sulfone groups is 1. The van der Waals surface area contributed by atoms with E-state index in [0.29, 0.717) is 22.7 Å². The number of anilines is 1. The van der Waals surface area contributed by atoms with Gasteiger partial charge in [-0.1, -0.05) is 0 Å². The number of nitrogens with one attached hydrogen (secondary N) is 1. The van der Waals surface area contributed by atoms with Gasteiger partial charge in [0.1, 0.15) is 12.1 Å². The highest BCUT2D eigenvalue weighted by molar-refractivity contribution is 7.90. The highest BCUT2D eigenvalue weighted by atomic mass is 32.2. The fraction of sp³-hybridized carbons (Fsp3) is 0.125. The first-order chi connectivity index (χ1) is 12.4. The van der Waals surface area contributed by atoms with Gasteiger partial charge in [-0.25, -0.2) is 13.1 Å². The largest absolute Gasteiger partial charge is 0.494 e. The summed E-state index contributed by atoms with van der Waals surface area (Å²) >= 11 is 0. The van der Waals surface area contributed by atoms with Crippen LogP contribution in [0.25, 0.3) is 5.69 Å². The van der Waals surface area contributed by atoms with Crippen LogP contribution in [0.5, 0.6) is 5.75 Å². The summed E-state index contributed by atoms with van der Waals surface area (Å²) in [6.45, 7) is 0. The van der Waals surface area contributed by atoms with Gasteiger partial charge in [0.05, 0.1) is 23.4 Å². The van der Waals surface area contributed by atoms with Crippen molar-refractivity contribution in [1.29, 1.82) is 0 Å². The molecule has 26 heavy (non-hydrogen) atoms. The third kappa shape index (κ3) is 3.70. The zero-order valence-corrected chi connectivity index (χ0v) is 14.8. The molecule has 9 nitrogen and oxygen atoms in total. The van der Waals surface area contributed by atoms with Crippen LogP contribution < -0.4 is 10.1 Å². The first kappa shape index (κ1) is 17.5. The second kappa shape index (κ2) is 6.92. The van der Waals surface area contributed by atoms with Crippen molar-refractivity contribution in [3.8, 4) is 11.4 Å². The summed E-state index contributed by atoms with van der Waals surface area (Å²) in [7, 11) is -1.83. The Kier molecular flexibility index (Phi) is 4.67. The Hall–Kier alpha value is -3.27. The fourth-order valence-electron chi connectivity index (χ4n) is 2.25. The van der Waals surface area contributed by atoms with Gasteiger partial charge in [-0.2, -0.15) is 0 Å². The maximum atomic E-state index is 12.4. The molecule has 1 amide bonds. The van der Waals surface area contributed by atoms with Crippen LogP contribution in [0.2, 0.25) is 0 Å². The molecule has 0 aliphatic rings. The molecular formula is C16H15N5O4S. The second-order valence-electron chi connectivity index (χ2n) is 5.39. The second-order valence-corrected chi connectivity index (χ2v) is 7.41. The van der Waals surface area contributed by atoms with Crippen LogP contribution in [-0.4, -0.2) is 47.9 Å². The number of aromatic nitrogens is 4. The summed E-state index contributed by atoms with van der Waals surface area (Å²) in [5, 5.41) is 13.7. The number of hydrogen-bond acceptors (Lipinski definition) is 7. The van der Waals surface area contributed by atoms with E-state index in [2.05, 4.69) is 20.8 Å². The van der Waals surface area contributed by atoms with Crippen molar-refractivity contribution in [2.45, 2.75) is 4.90 Å². The third-order valence-electron chi connectivity index (χ3n) is 3.59. The van der Waals surface area contributed by atoms with Crippen LogP contribution in [-0.2, 0) is 9.84 Å². The number of rotatable bonds is 5. The van der Waals surface area contributed by atoms with Gasteiger partial charge >= 0.3 is 0 Å². The van der Waals surface area contributed by atoms with Crippen LogP contribution in [0.3, 0.4) is 0 Å². The SMILES string of the molecule is COc1cc(-n2cnnn2)ccc1NC(=O)c1ccc(S(C)(=O)=O)cc1. The van der Waals surface area contributed by atoms with Crippen molar-refractivity contribution in [3.63, 3.8) is 0 Å². The van der Waals surface area contributed by atoms with Gasteiger partial charge in [0.15, 0.2) is 9.84 Å². The number of benzene rings is 2. The Morgan fingerprint density at radius 1 is 1.15 bits per heavy atom. The monoisotopic (exact) mass is 373 g/mol. The highest BCUT2D eigenvalue weighted by Gasteiger charge is 2.13. The summed E-state index contributed by atoms with van der Waals surface area (Å²) in [6, 6.07) is 10.8. The molecule has 3 aromatic rings. The fourth-order valence-corrected chi connectivity index (χ4v) is 2.88. The van der Waals surface area contributed by atoms with Gasteiger partial charge in [0, 0.05) is 17.9 Å². The number of tetrazole rings is 1. The minimum absolute atomic E-state index is 0.150. The van der Waals surface area contributed by atoms with E-state index in [1.54, 1.807) is 18.2 Å². The lowest BCUT2D eigenvalue weighted by Crippen LogP contribution is -2.13. The molecule has 0 radical (unpaired) electrons. The zero-order chi connectivity index (χ0) is 18.7. The molecule has 0 fully saturated rings. The molecule has 0 bridgehead atoms. The van der Waals surface area contributed by atoms with E-state index in [1.807, 2.05) is 0 Å². The number of hydrogen-bond donors (Lipinski definition) is 1. The Balaban J connectivity index is 1.83. The molecular weight excluding hydrogens is 358 g/mol. The molecule has 1 aromatic heterocycles. The minimum Gasteiger partial charge on any atom is -0.494 e. The average Bonchev–Trinajstić information content (AvgIpc) is 3.16. The van der Waals surface area contributed by atoms with Gasteiger partial charge in [-0.15, -0.1) is 5.10 Å². The smallest absolute Gasteiger partial charge is 0.255 e. The lowest BCUT2D eigenvalue weighted by molar-refractivity contribution is 0.102. The van der Waals surface area contributed by atoms with Crippen molar-refractivity contribution < 1.29 is 17.9 Å². The summed E-state index contributed by atoms with van der Waals surface area (Å²) in [5.74, 6) is 0.0395. The van der Waals surface area contributed by atoms with Gasteiger partial charge in [0.25, 0.3) is 5.91 Å². The van der Waals surface area contributed by atoms with Crippen molar-refractivity contribution >= 4 is 21.4 Å². The molecule has 1 N–H and O–H groups in total. The van der Waals surface area contributed by atoms with Crippen molar-refractivity contribution in [1.82, 2.24) is 20.2 Å². The van der Waals surface area contributed by atoms with Gasteiger partial charge in [0.2, 0.25) is 0 Å². The predicted octanol–water partition coefficient (Wildman–Crippen LogP) is 1.33. The molecule has 3 rings (SSSR count). The normalized spacial score (nSPS) is 11.2. The van der Waals surface area contributed by atoms with E-state index in [0.717, 1.165) is 6.26 Å². The van der Waals surface area contributed by atoms with E-state index in [1.165, 1.54) is 42.4 Å². The van der Waals surface area contributed by atoms with Crippen LogP contribution >= 0.6 is 0 Å². The number of ether oxygens (including phenoxy) is 1. The first-order valence-corrected chi connectivity index (χ1v) is 9.30. The summed E-state index contributed by atoms with van der Waals surface area (Å²) in [6.07, 6.45) is 2.55. The van der Waals surface area contributed by atoms with Crippen LogP contribution in [0, 0.1) is 0 Å². The van der Waals surface area contributed by atoms with E-state index in [4.69, 9.17) is 4.74 Å². The van der Waals surface area contributed by atoms with Crippen LogP contribution in [0.1, 0.15) is 10.4 Å². The maximum Gasteiger partial charge on any atom is 0.255 e. The molecule has 0 aliphatic heterocycles. The molecule has 10 heteroatoms. The van der Waals surface area contributed by atoms with Gasteiger partial charge in [-0.3, -0.25) is 4.79 Å². The van der Waals surface area contributed by atoms with Crippen molar-refractivity contribution in [2.24, 2.45) is 0 Å².